The highest BCUT2D eigenvalue weighted by Gasteiger charge is 2.31. The van der Waals surface area contributed by atoms with Gasteiger partial charge in [-0.05, 0) is 92.1 Å². The van der Waals surface area contributed by atoms with Gasteiger partial charge in [0, 0.05) is 0 Å². The van der Waals surface area contributed by atoms with Gasteiger partial charge in [-0.1, -0.05) is 32.3 Å². The number of rotatable bonds is 5. The smallest absolute Gasteiger partial charge is 0.145 e. The molecule has 2 aliphatic carbocycles. The molecule has 2 aliphatic rings. The lowest BCUT2D eigenvalue weighted by Gasteiger charge is -2.38. The van der Waals surface area contributed by atoms with Gasteiger partial charge in [0.1, 0.15) is 11.4 Å². The topological polar surface area (TPSA) is 21.6 Å². The third-order valence-electron chi connectivity index (χ3n) is 6.75. The molecule has 2 saturated carbocycles. The largest absolute Gasteiger partial charge is 0.494 e. The number of ether oxygens (including phenoxy) is 1. The molecule has 136 valence electrons. The normalized spacial score (nSPS) is 29.7. The zero-order valence-corrected chi connectivity index (χ0v) is 16.5. The van der Waals surface area contributed by atoms with E-state index < -0.39 is 0 Å². The van der Waals surface area contributed by atoms with E-state index in [1.165, 1.54) is 63.4 Å². The highest BCUT2D eigenvalue weighted by molar-refractivity contribution is 7.78. The second-order valence-electron chi connectivity index (χ2n) is 7.94. The summed E-state index contributed by atoms with van der Waals surface area (Å²) in [6, 6.07) is 6.38. The van der Waals surface area contributed by atoms with E-state index in [9.17, 15) is 0 Å². The van der Waals surface area contributed by atoms with Gasteiger partial charge in [0.15, 0.2) is 0 Å². The Kier molecular flexibility index (Phi) is 6.67. The summed E-state index contributed by atoms with van der Waals surface area (Å²) in [7, 11) is 1.70. The number of isothiocyanates is 1. The fourth-order valence-corrected chi connectivity index (χ4v) is 5.18. The Morgan fingerprint density at radius 3 is 2.24 bits per heavy atom. The van der Waals surface area contributed by atoms with Crippen molar-refractivity contribution in [3.8, 4) is 5.75 Å². The number of methoxy groups -OCH3 is 1. The highest BCUT2D eigenvalue weighted by atomic mass is 32.1. The Morgan fingerprint density at radius 1 is 1.04 bits per heavy atom. The van der Waals surface area contributed by atoms with Crippen molar-refractivity contribution in [2.45, 2.75) is 70.6 Å². The molecule has 1 aromatic rings. The SMILES string of the molecule is CC[C@H]1CC[C@H]([C@H]2CC[C@H](c3ccc(N=C=S)c(OC)c3)CC2)CC1. The fraction of sp³-hybridized carbons (Fsp3) is 0.682. The maximum atomic E-state index is 5.49. The molecule has 2 fully saturated rings. The van der Waals surface area contributed by atoms with Gasteiger partial charge >= 0.3 is 0 Å². The number of aliphatic imine (C=N–C) groups is 1. The van der Waals surface area contributed by atoms with Gasteiger partial charge < -0.3 is 4.74 Å². The summed E-state index contributed by atoms with van der Waals surface area (Å²) in [6.07, 6.45) is 12.7. The van der Waals surface area contributed by atoms with Gasteiger partial charge in [-0.25, -0.2) is 0 Å². The molecule has 0 aromatic heterocycles. The molecule has 0 aliphatic heterocycles. The minimum Gasteiger partial charge on any atom is -0.494 e. The van der Waals surface area contributed by atoms with E-state index in [0.29, 0.717) is 5.92 Å². The minimum absolute atomic E-state index is 0.669. The summed E-state index contributed by atoms with van der Waals surface area (Å²) in [5.41, 5.74) is 2.18. The van der Waals surface area contributed by atoms with Crippen molar-refractivity contribution >= 4 is 23.1 Å². The zero-order valence-electron chi connectivity index (χ0n) is 15.7. The quantitative estimate of drug-likeness (QED) is 0.421. The molecule has 0 N–H and O–H groups in total. The molecule has 3 rings (SSSR count). The molecule has 25 heavy (non-hydrogen) atoms. The molecule has 1 aromatic carbocycles. The average Bonchev–Trinajstić information content (AvgIpc) is 2.69. The molecule has 0 unspecified atom stereocenters. The highest BCUT2D eigenvalue weighted by Crippen LogP contribution is 2.45. The number of hydrogen-bond donors (Lipinski definition) is 0. The molecule has 0 atom stereocenters. The molecular formula is C22H31NOS. The van der Waals surface area contributed by atoms with Crippen molar-refractivity contribution in [3.05, 3.63) is 23.8 Å². The number of thiocarbonyl (C=S) groups is 1. The summed E-state index contributed by atoms with van der Waals surface area (Å²) < 4.78 is 5.49. The van der Waals surface area contributed by atoms with Crippen LogP contribution in [0.2, 0.25) is 0 Å². The Balaban J connectivity index is 1.58. The van der Waals surface area contributed by atoms with E-state index >= 15 is 0 Å². The Hall–Kier alpha value is -1.18. The van der Waals surface area contributed by atoms with Crippen molar-refractivity contribution in [2.24, 2.45) is 22.7 Å². The summed E-state index contributed by atoms with van der Waals surface area (Å²) in [5, 5.41) is 2.44. The van der Waals surface area contributed by atoms with Crippen LogP contribution in [0.15, 0.2) is 23.2 Å². The van der Waals surface area contributed by atoms with Crippen LogP contribution in [-0.2, 0) is 0 Å². The third kappa shape index (κ3) is 4.51. The Bertz CT molecular complexity index is 606. The number of benzene rings is 1. The lowest BCUT2D eigenvalue weighted by atomic mass is 9.68. The van der Waals surface area contributed by atoms with Crippen LogP contribution in [0.25, 0.3) is 0 Å². The first kappa shape index (κ1) is 18.6. The van der Waals surface area contributed by atoms with Gasteiger partial charge in [-0.3, -0.25) is 0 Å². The van der Waals surface area contributed by atoms with Crippen molar-refractivity contribution in [2.75, 3.05) is 7.11 Å². The summed E-state index contributed by atoms with van der Waals surface area (Å²) in [4.78, 5) is 4.09. The lowest BCUT2D eigenvalue weighted by Crippen LogP contribution is -2.25. The lowest BCUT2D eigenvalue weighted by molar-refractivity contribution is 0.158. The first-order valence-electron chi connectivity index (χ1n) is 10.0. The van der Waals surface area contributed by atoms with E-state index in [0.717, 1.165) is 29.2 Å². The van der Waals surface area contributed by atoms with E-state index in [1.807, 2.05) is 6.07 Å². The van der Waals surface area contributed by atoms with Gasteiger partial charge in [-0.2, -0.15) is 4.99 Å². The van der Waals surface area contributed by atoms with E-state index in [1.54, 1.807) is 7.11 Å². The van der Waals surface area contributed by atoms with Crippen molar-refractivity contribution in [1.82, 2.24) is 0 Å². The van der Waals surface area contributed by atoms with Gasteiger partial charge in [0.2, 0.25) is 0 Å². The van der Waals surface area contributed by atoms with E-state index in [2.05, 4.69) is 29.2 Å². The first-order chi connectivity index (χ1) is 12.2. The molecule has 2 nitrogen and oxygen atoms in total. The fourth-order valence-electron chi connectivity index (χ4n) is 5.08. The van der Waals surface area contributed by atoms with Gasteiger partial charge in [-0.15, -0.1) is 0 Å². The molecule has 0 amide bonds. The molecule has 0 radical (unpaired) electrons. The molecular weight excluding hydrogens is 326 g/mol. The monoisotopic (exact) mass is 357 g/mol. The van der Waals surface area contributed by atoms with Crippen molar-refractivity contribution in [3.63, 3.8) is 0 Å². The minimum atomic E-state index is 0.669. The van der Waals surface area contributed by atoms with Crippen LogP contribution < -0.4 is 4.74 Å². The van der Waals surface area contributed by atoms with Gasteiger partial charge in [0.25, 0.3) is 0 Å². The van der Waals surface area contributed by atoms with Crippen LogP contribution >= 0.6 is 12.2 Å². The van der Waals surface area contributed by atoms with Crippen LogP contribution in [0.3, 0.4) is 0 Å². The predicted molar refractivity (Wildman–Crippen MR) is 108 cm³/mol. The molecule has 0 heterocycles. The maximum absolute atomic E-state index is 5.49. The zero-order chi connectivity index (χ0) is 17.6. The molecule has 0 spiro atoms. The summed E-state index contributed by atoms with van der Waals surface area (Å²) in [5.74, 6) is 4.46. The second kappa shape index (κ2) is 8.96. The molecule has 3 heteroatoms. The standard InChI is InChI=1S/C22H31NOS/c1-3-16-4-6-17(7-5-16)18-8-10-19(11-9-18)20-12-13-21(23-15-25)22(14-20)24-2/h12-14,16-19H,3-11H2,1-2H3/t16-,17-,18-,19-. The van der Waals surface area contributed by atoms with E-state index in [-0.39, 0.29) is 0 Å². The summed E-state index contributed by atoms with van der Waals surface area (Å²) >= 11 is 4.72. The van der Waals surface area contributed by atoms with Crippen LogP contribution in [0.4, 0.5) is 5.69 Å². The van der Waals surface area contributed by atoms with E-state index in [4.69, 9.17) is 17.0 Å². The van der Waals surface area contributed by atoms with Crippen LogP contribution in [0.1, 0.15) is 76.2 Å². The maximum Gasteiger partial charge on any atom is 0.145 e. The third-order valence-corrected chi connectivity index (χ3v) is 6.84. The van der Waals surface area contributed by atoms with Gasteiger partial charge in [0.05, 0.1) is 12.3 Å². The van der Waals surface area contributed by atoms with Crippen molar-refractivity contribution < 1.29 is 4.74 Å². The molecule has 0 bridgehead atoms. The van der Waals surface area contributed by atoms with Crippen LogP contribution in [0.5, 0.6) is 5.75 Å². The van der Waals surface area contributed by atoms with Crippen LogP contribution in [0, 0.1) is 17.8 Å². The van der Waals surface area contributed by atoms with Crippen molar-refractivity contribution in [1.29, 1.82) is 0 Å². The second-order valence-corrected chi connectivity index (χ2v) is 8.12. The molecule has 0 saturated heterocycles. The predicted octanol–water partition coefficient (Wildman–Crippen LogP) is 6.92. The summed E-state index contributed by atoms with van der Waals surface area (Å²) in [6.45, 7) is 2.35. The first-order valence-corrected chi connectivity index (χ1v) is 10.4. The Labute approximate surface area is 158 Å². The Morgan fingerprint density at radius 2 is 1.68 bits per heavy atom. The number of nitrogens with zero attached hydrogens (tertiary/aromatic N) is 1. The van der Waals surface area contributed by atoms with Crippen LogP contribution in [-0.4, -0.2) is 12.3 Å². The number of hydrogen-bond acceptors (Lipinski definition) is 3. The average molecular weight is 358 g/mol.